The standard InChI is InChI=1S/C18H15BrN4O3S/c1-10(16(25)21-14-8-4-11(5-9-14)15(20)24)27-18-23-22-17(26-18)12-2-6-13(19)7-3-12/h2-10H,1H3,(H2,20,24)(H,21,25). The molecule has 1 atom stereocenters. The van der Waals surface area contributed by atoms with Gasteiger partial charge in [-0.05, 0) is 55.5 Å². The van der Waals surface area contributed by atoms with Crippen molar-refractivity contribution in [2.75, 3.05) is 5.32 Å². The molecule has 3 N–H and O–H groups in total. The average Bonchev–Trinajstić information content (AvgIpc) is 3.11. The fraction of sp³-hybridized carbons (Fsp3) is 0.111. The number of carbonyl (C=O) groups is 2. The molecule has 0 spiro atoms. The first kappa shape index (κ1) is 19.1. The van der Waals surface area contributed by atoms with Gasteiger partial charge < -0.3 is 15.5 Å². The first-order chi connectivity index (χ1) is 12.9. The minimum Gasteiger partial charge on any atom is -0.411 e. The van der Waals surface area contributed by atoms with Crippen molar-refractivity contribution in [1.29, 1.82) is 0 Å². The number of anilines is 1. The summed E-state index contributed by atoms with van der Waals surface area (Å²) in [5.74, 6) is -0.357. The molecule has 7 nitrogen and oxygen atoms in total. The highest BCUT2D eigenvalue weighted by Crippen LogP contribution is 2.27. The van der Waals surface area contributed by atoms with Crippen molar-refractivity contribution in [3.8, 4) is 11.5 Å². The van der Waals surface area contributed by atoms with Gasteiger partial charge in [-0.1, -0.05) is 27.7 Å². The summed E-state index contributed by atoms with van der Waals surface area (Å²) in [6, 6.07) is 13.8. The topological polar surface area (TPSA) is 111 Å². The Labute approximate surface area is 167 Å². The minimum absolute atomic E-state index is 0.227. The second-order valence-corrected chi connectivity index (χ2v) is 7.78. The molecule has 0 saturated heterocycles. The van der Waals surface area contributed by atoms with Gasteiger partial charge in [0.2, 0.25) is 17.7 Å². The maximum absolute atomic E-state index is 12.3. The number of hydrogen-bond acceptors (Lipinski definition) is 6. The van der Waals surface area contributed by atoms with Crippen molar-refractivity contribution in [2.24, 2.45) is 5.73 Å². The van der Waals surface area contributed by atoms with Crippen molar-refractivity contribution in [1.82, 2.24) is 10.2 Å². The van der Waals surface area contributed by atoms with Gasteiger partial charge in [0.15, 0.2) is 0 Å². The Morgan fingerprint density at radius 3 is 2.41 bits per heavy atom. The second kappa shape index (κ2) is 8.36. The largest absolute Gasteiger partial charge is 0.411 e. The monoisotopic (exact) mass is 446 g/mol. The fourth-order valence-corrected chi connectivity index (χ4v) is 3.08. The van der Waals surface area contributed by atoms with Crippen LogP contribution in [0.3, 0.4) is 0 Å². The van der Waals surface area contributed by atoms with Crippen LogP contribution in [0.15, 0.2) is 62.6 Å². The first-order valence-electron chi connectivity index (χ1n) is 7.89. The van der Waals surface area contributed by atoms with Gasteiger partial charge in [-0.25, -0.2) is 0 Å². The summed E-state index contributed by atoms with van der Waals surface area (Å²) in [5.41, 5.74) is 6.94. The van der Waals surface area contributed by atoms with Gasteiger partial charge in [0.25, 0.3) is 5.22 Å². The number of nitrogens with one attached hydrogen (secondary N) is 1. The number of nitrogens with zero attached hydrogens (tertiary/aromatic N) is 2. The van der Waals surface area contributed by atoms with Crippen LogP contribution < -0.4 is 11.1 Å². The number of primary amides is 1. The van der Waals surface area contributed by atoms with Crippen LogP contribution in [0, 0.1) is 0 Å². The van der Waals surface area contributed by atoms with Crippen LogP contribution in [-0.2, 0) is 4.79 Å². The normalized spacial score (nSPS) is 11.8. The maximum atomic E-state index is 12.3. The fourth-order valence-electron chi connectivity index (χ4n) is 2.13. The number of thioether (sulfide) groups is 1. The molecule has 1 heterocycles. The molecular formula is C18H15BrN4O3S. The Hall–Kier alpha value is -2.65. The molecule has 3 rings (SSSR count). The molecule has 1 aromatic heterocycles. The number of hydrogen-bond donors (Lipinski definition) is 2. The third-order valence-corrected chi connectivity index (χ3v) is 5.04. The van der Waals surface area contributed by atoms with Gasteiger partial charge in [-0.15, -0.1) is 10.2 Å². The molecule has 1 unspecified atom stereocenters. The van der Waals surface area contributed by atoms with Crippen molar-refractivity contribution < 1.29 is 14.0 Å². The Balaban J connectivity index is 1.61. The Morgan fingerprint density at radius 2 is 1.78 bits per heavy atom. The summed E-state index contributed by atoms with van der Waals surface area (Å²) in [5, 5.41) is 10.6. The molecule has 0 aliphatic heterocycles. The van der Waals surface area contributed by atoms with Gasteiger partial charge in [0, 0.05) is 21.3 Å². The minimum atomic E-state index is -0.519. The van der Waals surface area contributed by atoms with E-state index in [1.165, 1.54) is 0 Å². The van der Waals surface area contributed by atoms with Crippen LogP contribution in [0.25, 0.3) is 11.5 Å². The van der Waals surface area contributed by atoms with E-state index in [1.807, 2.05) is 24.3 Å². The van der Waals surface area contributed by atoms with E-state index < -0.39 is 11.2 Å². The Bertz CT molecular complexity index is 957. The molecule has 3 aromatic rings. The van der Waals surface area contributed by atoms with Crippen molar-refractivity contribution >= 4 is 45.2 Å². The molecular weight excluding hydrogens is 432 g/mol. The molecule has 9 heteroatoms. The van der Waals surface area contributed by atoms with Crippen molar-refractivity contribution in [3.63, 3.8) is 0 Å². The summed E-state index contributed by atoms with van der Waals surface area (Å²) in [4.78, 5) is 23.4. The van der Waals surface area contributed by atoms with E-state index in [-0.39, 0.29) is 5.91 Å². The second-order valence-electron chi connectivity index (χ2n) is 5.57. The van der Waals surface area contributed by atoms with E-state index >= 15 is 0 Å². The van der Waals surface area contributed by atoms with Crippen LogP contribution in [0.5, 0.6) is 0 Å². The lowest BCUT2D eigenvalue weighted by molar-refractivity contribution is -0.115. The van der Waals surface area contributed by atoms with Gasteiger partial charge in [-0.2, -0.15) is 0 Å². The van der Waals surface area contributed by atoms with Crippen molar-refractivity contribution in [3.05, 3.63) is 58.6 Å². The van der Waals surface area contributed by atoms with E-state index in [2.05, 4.69) is 31.4 Å². The predicted octanol–water partition coefficient (Wildman–Crippen LogP) is 3.72. The molecule has 0 aliphatic carbocycles. The molecule has 0 radical (unpaired) electrons. The summed E-state index contributed by atoms with van der Waals surface area (Å²) < 4.78 is 6.57. The highest BCUT2D eigenvalue weighted by molar-refractivity contribution is 9.10. The first-order valence-corrected chi connectivity index (χ1v) is 9.56. The smallest absolute Gasteiger partial charge is 0.277 e. The number of nitrogens with two attached hydrogens (primary N) is 1. The van der Waals surface area contributed by atoms with Crippen LogP contribution in [0.1, 0.15) is 17.3 Å². The average molecular weight is 447 g/mol. The summed E-state index contributed by atoms with van der Waals surface area (Å²) >= 11 is 4.53. The zero-order valence-corrected chi connectivity index (χ0v) is 16.6. The predicted molar refractivity (Wildman–Crippen MR) is 106 cm³/mol. The maximum Gasteiger partial charge on any atom is 0.277 e. The number of carbonyl (C=O) groups excluding carboxylic acids is 2. The molecule has 0 fully saturated rings. The van der Waals surface area contributed by atoms with Crippen LogP contribution >= 0.6 is 27.7 Å². The third kappa shape index (κ3) is 4.95. The molecule has 0 aliphatic rings. The third-order valence-electron chi connectivity index (χ3n) is 3.58. The molecule has 2 amide bonds. The zero-order valence-electron chi connectivity index (χ0n) is 14.2. The van der Waals surface area contributed by atoms with E-state index in [4.69, 9.17) is 10.2 Å². The van der Waals surface area contributed by atoms with Gasteiger partial charge >= 0.3 is 0 Å². The molecule has 138 valence electrons. The molecule has 2 aromatic carbocycles. The van der Waals surface area contributed by atoms with E-state index in [1.54, 1.807) is 31.2 Å². The Morgan fingerprint density at radius 1 is 1.11 bits per heavy atom. The number of rotatable bonds is 6. The highest BCUT2D eigenvalue weighted by Gasteiger charge is 2.19. The van der Waals surface area contributed by atoms with Crippen LogP contribution in [0.4, 0.5) is 5.69 Å². The SMILES string of the molecule is CC(Sc1nnc(-c2ccc(Br)cc2)o1)C(=O)Nc1ccc(C(N)=O)cc1. The number of halogens is 1. The van der Waals surface area contributed by atoms with Gasteiger partial charge in [0.1, 0.15) is 0 Å². The van der Waals surface area contributed by atoms with E-state index in [9.17, 15) is 9.59 Å². The van der Waals surface area contributed by atoms with Crippen molar-refractivity contribution in [2.45, 2.75) is 17.4 Å². The lowest BCUT2D eigenvalue weighted by Crippen LogP contribution is -2.22. The number of amides is 2. The van der Waals surface area contributed by atoms with E-state index in [0.717, 1.165) is 21.8 Å². The highest BCUT2D eigenvalue weighted by atomic mass is 79.9. The van der Waals surface area contributed by atoms with E-state index in [0.29, 0.717) is 22.4 Å². The summed E-state index contributed by atoms with van der Waals surface area (Å²) in [6.07, 6.45) is 0. The number of aromatic nitrogens is 2. The lowest BCUT2D eigenvalue weighted by atomic mass is 10.2. The number of benzene rings is 2. The molecule has 0 bridgehead atoms. The lowest BCUT2D eigenvalue weighted by Gasteiger charge is -2.10. The zero-order chi connectivity index (χ0) is 19.4. The summed E-state index contributed by atoms with van der Waals surface area (Å²) in [6.45, 7) is 1.74. The summed E-state index contributed by atoms with van der Waals surface area (Å²) in [7, 11) is 0. The van der Waals surface area contributed by atoms with Gasteiger partial charge in [0.05, 0.1) is 5.25 Å². The van der Waals surface area contributed by atoms with Gasteiger partial charge in [-0.3, -0.25) is 9.59 Å². The van der Waals surface area contributed by atoms with Crippen LogP contribution in [-0.4, -0.2) is 27.3 Å². The quantitative estimate of drug-likeness (QED) is 0.558. The molecule has 27 heavy (non-hydrogen) atoms. The van der Waals surface area contributed by atoms with Crippen LogP contribution in [0.2, 0.25) is 0 Å². The molecule has 0 saturated carbocycles. The Kier molecular flexibility index (Phi) is 5.92.